The molecule has 2 N–H and O–H groups in total. The zero-order chi connectivity index (χ0) is 48.3. The quantitative estimate of drug-likeness (QED) is 0.0859. The number of carbonyl (C=O) groups is 2. The van der Waals surface area contributed by atoms with Crippen LogP contribution in [-0.2, 0) is 53.8 Å². The van der Waals surface area contributed by atoms with Crippen molar-refractivity contribution in [1.82, 2.24) is 49.5 Å². The van der Waals surface area contributed by atoms with Crippen LogP contribution in [0, 0.1) is 0 Å². The number of fused-ring (bicyclic) bond motifs is 5. The zero-order valence-electron chi connectivity index (χ0n) is 40.1. The van der Waals surface area contributed by atoms with E-state index in [2.05, 4.69) is 83.6 Å². The molecule has 3 aliphatic heterocycles. The van der Waals surface area contributed by atoms with Gasteiger partial charge in [-0.05, 0) is 79.6 Å². The summed E-state index contributed by atoms with van der Waals surface area (Å²) in [5.41, 5.74) is 12.5. The first kappa shape index (κ1) is 47.5. The second kappa shape index (κ2) is 21.0. The lowest BCUT2D eigenvalue weighted by molar-refractivity contribution is -0.133. The normalized spacial score (nSPS) is 15.4. The summed E-state index contributed by atoms with van der Waals surface area (Å²) in [6.07, 6.45) is 4.67. The maximum Gasteiger partial charge on any atom is 0.317 e. The number of rotatable bonds is 17. The van der Waals surface area contributed by atoms with Crippen LogP contribution >= 0.6 is 11.3 Å². The largest absolute Gasteiger partial charge is 0.379 e. The first-order valence-corrected chi connectivity index (χ1v) is 25.5. The number of nitrogens with zero attached hydrogens (tertiary/aromatic N) is 9. The standard InChI is InChI=1S/C52H61F2N11O4S/c1-4-63-45-10-7-34(24-41(45)39-9-8-35(26-48(39)63)44-32-70-33-57-44)28-56-15-21-69-23-22-68-20-14-49(66)61-17-11-38(12-18-61)65-46-13-19-62(52(67)55-2)31-43(46)51(59-65)64-16-5-6-36-25-40(37-29-58-60(3)30-37)42(50(53)54)27-47(36)64/h7-10,24-27,29-30,32-33,38,50,56H,4-6,11-23,28,31H2,1-3H3,(H,55,67). The molecule has 0 atom stereocenters. The summed E-state index contributed by atoms with van der Waals surface area (Å²) in [4.78, 5) is 36.5. The molecule has 0 radical (unpaired) electrons. The van der Waals surface area contributed by atoms with Gasteiger partial charge in [0.05, 0.1) is 62.8 Å². The lowest BCUT2D eigenvalue weighted by Crippen LogP contribution is -2.42. The van der Waals surface area contributed by atoms with Gasteiger partial charge >= 0.3 is 6.03 Å². The van der Waals surface area contributed by atoms with Crippen LogP contribution in [0.3, 0.4) is 0 Å². The Kier molecular flexibility index (Phi) is 14.3. The summed E-state index contributed by atoms with van der Waals surface area (Å²) >= 11 is 1.61. The molecule has 368 valence electrons. The number of anilines is 2. The Bertz CT molecular complexity index is 2980. The Hall–Kier alpha value is -6.21. The van der Waals surface area contributed by atoms with Crippen LogP contribution in [0.25, 0.3) is 44.2 Å². The van der Waals surface area contributed by atoms with E-state index in [0.29, 0.717) is 95.5 Å². The Balaban J connectivity index is 0.693. The van der Waals surface area contributed by atoms with Crippen molar-refractivity contribution in [2.75, 3.05) is 71.1 Å². The molecule has 0 saturated carbocycles. The molecule has 7 heterocycles. The highest BCUT2D eigenvalue weighted by Gasteiger charge is 2.35. The van der Waals surface area contributed by atoms with E-state index in [1.54, 1.807) is 53.5 Å². The summed E-state index contributed by atoms with van der Waals surface area (Å²) in [5, 5.41) is 20.4. The number of ether oxygens (including phenoxy) is 2. The van der Waals surface area contributed by atoms with Crippen LogP contribution in [-0.4, -0.2) is 117 Å². The fourth-order valence-corrected chi connectivity index (χ4v) is 11.2. The van der Waals surface area contributed by atoms with Gasteiger partial charge in [-0.15, -0.1) is 11.3 Å². The molecule has 1 saturated heterocycles. The average Bonchev–Trinajstić information content (AvgIpc) is 4.22. The third kappa shape index (κ3) is 9.65. The number of halogens is 2. The summed E-state index contributed by atoms with van der Waals surface area (Å²) in [5.74, 6) is 0.777. The molecule has 7 aromatic rings. The van der Waals surface area contributed by atoms with E-state index in [1.165, 1.54) is 27.4 Å². The van der Waals surface area contributed by atoms with E-state index in [9.17, 15) is 18.4 Å². The van der Waals surface area contributed by atoms with Crippen molar-refractivity contribution in [2.24, 2.45) is 7.05 Å². The number of alkyl halides is 2. The van der Waals surface area contributed by atoms with E-state index in [0.717, 1.165) is 72.5 Å². The van der Waals surface area contributed by atoms with Gasteiger partial charge in [-0.25, -0.2) is 18.6 Å². The number of nitrogens with one attached hydrogen (secondary N) is 2. The smallest absolute Gasteiger partial charge is 0.317 e. The van der Waals surface area contributed by atoms with E-state index in [-0.39, 0.29) is 23.5 Å². The predicted octanol–water partition coefficient (Wildman–Crippen LogP) is 8.63. The van der Waals surface area contributed by atoms with Crippen LogP contribution in [0.4, 0.5) is 25.1 Å². The third-order valence-corrected chi connectivity index (χ3v) is 14.8. The monoisotopic (exact) mass is 973 g/mol. The Morgan fingerprint density at radius 1 is 0.914 bits per heavy atom. The van der Waals surface area contributed by atoms with Crippen molar-refractivity contribution in [2.45, 2.75) is 77.6 Å². The van der Waals surface area contributed by atoms with Gasteiger partial charge in [0.1, 0.15) is 0 Å². The maximum absolute atomic E-state index is 14.7. The highest BCUT2D eigenvalue weighted by Crippen LogP contribution is 2.44. The Labute approximate surface area is 410 Å². The molecule has 1 fully saturated rings. The van der Waals surface area contributed by atoms with Crippen molar-refractivity contribution in [3.8, 4) is 22.4 Å². The Morgan fingerprint density at radius 3 is 2.51 bits per heavy atom. The number of thiazole rings is 1. The molecule has 18 heteroatoms. The zero-order valence-corrected chi connectivity index (χ0v) is 40.9. The molecule has 10 rings (SSSR count). The maximum atomic E-state index is 14.7. The molecule has 4 aromatic heterocycles. The number of carbonyl (C=O) groups excluding carboxylic acids is 2. The number of aryl methyl sites for hydroxylation is 3. The summed E-state index contributed by atoms with van der Waals surface area (Å²) in [7, 11) is 3.40. The highest BCUT2D eigenvalue weighted by molar-refractivity contribution is 7.07. The minimum Gasteiger partial charge on any atom is -0.379 e. The van der Waals surface area contributed by atoms with Crippen molar-refractivity contribution in [3.05, 3.63) is 99.8 Å². The van der Waals surface area contributed by atoms with Gasteiger partial charge in [-0.2, -0.15) is 10.2 Å². The molecular weight excluding hydrogens is 913 g/mol. The fourth-order valence-electron chi connectivity index (χ4n) is 10.6. The van der Waals surface area contributed by atoms with Crippen molar-refractivity contribution in [1.29, 1.82) is 0 Å². The SMILES string of the molecule is CCn1c2ccc(CNCCOCCOCCC(=O)N3CCC(n4nc(N5CCCc6cc(-c7cnn(C)c7)c(C(F)F)cc65)c5c4CCN(C(=O)NC)C5)CC3)cc2c2ccc(-c3cscn3)cc21. The molecule has 0 unspecified atom stereocenters. The average molecular weight is 974 g/mol. The second-order valence-corrected chi connectivity index (χ2v) is 19.1. The number of piperidine rings is 1. The summed E-state index contributed by atoms with van der Waals surface area (Å²) in [6.45, 7) is 8.99. The van der Waals surface area contributed by atoms with Gasteiger partial charge in [-0.1, -0.05) is 18.2 Å². The number of aromatic nitrogens is 6. The molecule has 3 aromatic carbocycles. The fraction of sp³-hybridized carbons (Fsp3) is 0.442. The molecule has 0 aliphatic carbocycles. The molecule has 0 bridgehead atoms. The second-order valence-electron chi connectivity index (χ2n) is 18.4. The number of hydrogen-bond donors (Lipinski definition) is 2. The third-order valence-electron chi connectivity index (χ3n) is 14.2. The first-order valence-electron chi connectivity index (χ1n) is 24.5. The number of hydrogen-bond acceptors (Lipinski definition) is 10. The molecular formula is C52H61F2N11O4S. The van der Waals surface area contributed by atoms with Crippen molar-refractivity contribution in [3.63, 3.8) is 0 Å². The van der Waals surface area contributed by atoms with Crippen LogP contribution < -0.4 is 15.5 Å². The van der Waals surface area contributed by atoms with E-state index >= 15 is 0 Å². The first-order chi connectivity index (χ1) is 34.2. The van der Waals surface area contributed by atoms with Crippen molar-refractivity contribution >= 4 is 56.6 Å². The van der Waals surface area contributed by atoms with E-state index in [1.807, 2.05) is 16.5 Å². The number of benzene rings is 3. The minimum absolute atomic E-state index is 0.0426. The van der Waals surface area contributed by atoms with Crippen molar-refractivity contribution < 1.29 is 27.8 Å². The molecule has 70 heavy (non-hydrogen) atoms. The van der Waals surface area contributed by atoms with Crippen LogP contribution in [0.5, 0.6) is 0 Å². The topological polar surface area (TPSA) is 140 Å². The van der Waals surface area contributed by atoms with E-state index < -0.39 is 6.43 Å². The van der Waals surface area contributed by atoms with Gasteiger partial charge in [0, 0.05) is 133 Å². The van der Waals surface area contributed by atoms with Crippen LogP contribution in [0.15, 0.2) is 71.8 Å². The Morgan fingerprint density at radius 2 is 1.76 bits per heavy atom. The van der Waals surface area contributed by atoms with Gasteiger partial charge < -0.3 is 39.4 Å². The molecule has 3 aliphatic rings. The molecule has 15 nitrogen and oxygen atoms in total. The predicted molar refractivity (Wildman–Crippen MR) is 269 cm³/mol. The number of amides is 3. The van der Waals surface area contributed by atoms with Gasteiger partial charge in [0.25, 0.3) is 6.43 Å². The lowest BCUT2D eigenvalue weighted by Gasteiger charge is -2.34. The highest BCUT2D eigenvalue weighted by atomic mass is 32.1. The molecule has 3 amide bonds. The van der Waals surface area contributed by atoms with E-state index in [4.69, 9.17) is 14.6 Å². The number of likely N-dealkylation sites (tertiary alicyclic amines) is 1. The van der Waals surface area contributed by atoms with Gasteiger partial charge in [-0.3, -0.25) is 14.2 Å². The van der Waals surface area contributed by atoms with Crippen LogP contribution in [0.2, 0.25) is 0 Å². The summed E-state index contributed by atoms with van der Waals surface area (Å²) < 4.78 is 47.3. The minimum atomic E-state index is -2.68. The molecule has 0 spiro atoms. The summed E-state index contributed by atoms with van der Waals surface area (Å²) in [6, 6.07) is 16.7. The van der Waals surface area contributed by atoms with Crippen LogP contribution in [0.1, 0.15) is 73.0 Å². The van der Waals surface area contributed by atoms with Gasteiger partial charge in [0.2, 0.25) is 5.91 Å². The number of urea groups is 1. The lowest BCUT2D eigenvalue weighted by atomic mass is 9.92. The van der Waals surface area contributed by atoms with Gasteiger partial charge in [0.15, 0.2) is 5.82 Å².